The second-order valence-corrected chi connectivity index (χ2v) is 4.12. The minimum Gasteiger partial charge on any atom is -0.273 e. The van der Waals surface area contributed by atoms with Gasteiger partial charge in [0.1, 0.15) is 0 Å². The molecule has 15 heavy (non-hydrogen) atoms. The molecule has 0 unspecified atom stereocenters. The predicted octanol–water partition coefficient (Wildman–Crippen LogP) is 4.48. The monoisotopic (exact) mass is 221 g/mol. The highest BCUT2D eigenvalue weighted by atomic mass is 32.1. The lowest BCUT2D eigenvalue weighted by Gasteiger charge is -1.85. The average molecular weight is 221 g/mol. The fourth-order valence-electron chi connectivity index (χ4n) is 0.818. The Labute approximate surface area is 96.9 Å². The first kappa shape index (κ1) is 13.8. The highest BCUT2D eigenvalue weighted by molar-refractivity contribution is 7.09. The maximum absolute atomic E-state index is 3.64. The second kappa shape index (κ2) is 9.41. The molecule has 1 nitrogen and oxygen atoms in total. The minimum absolute atomic E-state index is 1.01. The molecule has 82 valence electrons. The molecule has 0 aromatic carbocycles. The quantitative estimate of drug-likeness (QED) is 0.525. The second-order valence-electron chi connectivity index (χ2n) is 3.08. The molecule has 0 saturated carbocycles. The highest BCUT2D eigenvalue weighted by Gasteiger charge is 1.84. The van der Waals surface area contributed by atoms with Gasteiger partial charge >= 0.3 is 0 Å². The molecule has 0 amide bonds. The van der Waals surface area contributed by atoms with Gasteiger partial charge in [-0.25, -0.2) is 0 Å². The molecule has 0 aliphatic rings. The van der Waals surface area contributed by atoms with Crippen molar-refractivity contribution in [2.45, 2.75) is 26.7 Å². The van der Waals surface area contributed by atoms with Gasteiger partial charge in [-0.1, -0.05) is 24.6 Å². The van der Waals surface area contributed by atoms with Gasteiger partial charge in [0.15, 0.2) is 0 Å². The molecule has 1 aromatic rings. The van der Waals surface area contributed by atoms with Gasteiger partial charge < -0.3 is 0 Å². The highest BCUT2D eigenvalue weighted by Crippen LogP contribution is 2.08. The summed E-state index contributed by atoms with van der Waals surface area (Å²) >= 11 is 1.78. The summed E-state index contributed by atoms with van der Waals surface area (Å²) in [5, 5.41) is 2.08. The summed E-state index contributed by atoms with van der Waals surface area (Å²) in [5.74, 6) is 0. The summed E-state index contributed by atoms with van der Waals surface area (Å²) in [4.78, 5) is 4.98. The van der Waals surface area contributed by atoms with Crippen LogP contribution in [0.4, 0.5) is 0 Å². The van der Waals surface area contributed by atoms with Crippen LogP contribution in [-0.2, 0) is 6.42 Å². The van der Waals surface area contributed by atoms with E-state index < -0.39 is 0 Å². The first-order valence-electron chi connectivity index (χ1n) is 4.99. The third-order valence-corrected chi connectivity index (χ3v) is 2.69. The molecule has 1 rings (SSSR count). The SMILES string of the molecule is C=CCc1cccs1.C=N/C=C(\C)CC. The van der Waals surface area contributed by atoms with Crippen molar-refractivity contribution in [2.75, 3.05) is 0 Å². The number of thiophene rings is 1. The summed E-state index contributed by atoms with van der Waals surface area (Å²) in [6, 6.07) is 4.18. The lowest BCUT2D eigenvalue weighted by atomic mass is 10.3. The minimum atomic E-state index is 1.01. The third kappa shape index (κ3) is 7.89. The zero-order chi connectivity index (χ0) is 11.5. The van der Waals surface area contributed by atoms with Crippen LogP contribution in [0.5, 0.6) is 0 Å². The Kier molecular flexibility index (Phi) is 8.69. The number of rotatable bonds is 4. The van der Waals surface area contributed by atoms with Crippen LogP contribution in [0, 0.1) is 0 Å². The van der Waals surface area contributed by atoms with E-state index in [1.165, 1.54) is 10.5 Å². The molecule has 0 aliphatic heterocycles. The van der Waals surface area contributed by atoms with Crippen molar-refractivity contribution in [1.82, 2.24) is 0 Å². The van der Waals surface area contributed by atoms with Crippen LogP contribution >= 0.6 is 11.3 Å². The van der Waals surface area contributed by atoms with E-state index in [0.717, 1.165) is 12.8 Å². The maximum Gasteiger partial charge on any atom is 0.0249 e. The molecule has 0 bridgehead atoms. The molecule has 0 saturated heterocycles. The van der Waals surface area contributed by atoms with Gasteiger partial charge in [0.25, 0.3) is 0 Å². The van der Waals surface area contributed by atoms with Crippen LogP contribution < -0.4 is 0 Å². The standard InChI is InChI=1S/C7H8S.C6H11N/c1-2-4-7-5-3-6-8-7;1-4-6(2)5-7-3/h2-3,5-6H,1,4H2;5H,3-4H2,1-2H3/b;6-5+. The Morgan fingerprint density at radius 1 is 1.60 bits per heavy atom. The normalized spacial score (nSPS) is 10.1. The van der Waals surface area contributed by atoms with E-state index >= 15 is 0 Å². The largest absolute Gasteiger partial charge is 0.273 e. The van der Waals surface area contributed by atoms with Crippen LogP contribution in [0.2, 0.25) is 0 Å². The average Bonchev–Trinajstić information content (AvgIpc) is 2.72. The fraction of sp³-hybridized carbons (Fsp3) is 0.308. The number of allylic oxidation sites excluding steroid dienone is 2. The first-order valence-corrected chi connectivity index (χ1v) is 5.87. The van der Waals surface area contributed by atoms with Crippen molar-refractivity contribution < 1.29 is 0 Å². The van der Waals surface area contributed by atoms with E-state index in [1.54, 1.807) is 17.5 Å². The van der Waals surface area contributed by atoms with E-state index in [4.69, 9.17) is 0 Å². The van der Waals surface area contributed by atoms with Crippen LogP contribution in [0.15, 0.2) is 46.9 Å². The third-order valence-electron chi connectivity index (χ3n) is 1.79. The molecule has 1 aromatic heterocycles. The van der Waals surface area contributed by atoms with Crippen molar-refractivity contribution in [3.63, 3.8) is 0 Å². The molecule has 0 aliphatic carbocycles. The van der Waals surface area contributed by atoms with E-state index in [0.29, 0.717) is 0 Å². The Balaban J connectivity index is 0.000000265. The first-order chi connectivity index (χ1) is 7.24. The van der Waals surface area contributed by atoms with Gasteiger partial charge in [0.05, 0.1) is 0 Å². The molecule has 0 atom stereocenters. The smallest absolute Gasteiger partial charge is 0.0249 e. The maximum atomic E-state index is 3.64. The van der Waals surface area contributed by atoms with Crippen LogP contribution in [0.25, 0.3) is 0 Å². The molecule has 2 heteroatoms. The van der Waals surface area contributed by atoms with Crippen molar-refractivity contribution in [3.8, 4) is 0 Å². The molecule has 1 heterocycles. The zero-order valence-electron chi connectivity index (χ0n) is 9.57. The van der Waals surface area contributed by atoms with Gasteiger partial charge in [-0.15, -0.1) is 17.9 Å². The Morgan fingerprint density at radius 3 is 2.67 bits per heavy atom. The Morgan fingerprint density at radius 2 is 2.33 bits per heavy atom. The predicted molar refractivity (Wildman–Crippen MR) is 71.8 cm³/mol. The van der Waals surface area contributed by atoms with E-state index in [2.05, 4.69) is 42.7 Å². The molecule has 0 fully saturated rings. The van der Waals surface area contributed by atoms with Gasteiger partial charge in [0, 0.05) is 11.1 Å². The Bertz CT molecular complexity index is 296. The lowest BCUT2D eigenvalue weighted by Crippen LogP contribution is -1.66. The van der Waals surface area contributed by atoms with Gasteiger partial charge in [-0.3, -0.25) is 4.99 Å². The van der Waals surface area contributed by atoms with Crippen molar-refractivity contribution >= 4 is 18.1 Å². The summed E-state index contributed by atoms with van der Waals surface area (Å²) in [5.41, 5.74) is 1.27. The number of hydrogen-bond donors (Lipinski definition) is 0. The molecular weight excluding hydrogens is 202 g/mol. The van der Waals surface area contributed by atoms with E-state index in [-0.39, 0.29) is 0 Å². The fourth-order valence-corrected chi connectivity index (χ4v) is 1.52. The van der Waals surface area contributed by atoms with Crippen molar-refractivity contribution in [1.29, 1.82) is 0 Å². The van der Waals surface area contributed by atoms with Crippen LogP contribution in [0.1, 0.15) is 25.1 Å². The number of hydrogen-bond acceptors (Lipinski definition) is 2. The van der Waals surface area contributed by atoms with Gasteiger partial charge in [0.2, 0.25) is 0 Å². The van der Waals surface area contributed by atoms with Gasteiger partial charge in [-0.05, 0) is 37.9 Å². The Hall–Kier alpha value is -1.15. The van der Waals surface area contributed by atoms with E-state index in [1.807, 2.05) is 13.0 Å². The van der Waals surface area contributed by atoms with Crippen LogP contribution in [0.3, 0.4) is 0 Å². The molecular formula is C13H19NS. The van der Waals surface area contributed by atoms with Crippen molar-refractivity contribution in [2.24, 2.45) is 4.99 Å². The van der Waals surface area contributed by atoms with Crippen LogP contribution in [-0.4, -0.2) is 6.72 Å². The van der Waals surface area contributed by atoms with Gasteiger partial charge in [-0.2, -0.15) is 0 Å². The van der Waals surface area contributed by atoms with E-state index in [9.17, 15) is 0 Å². The molecule has 0 N–H and O–H groups in total. The number of nitrogens with zero attached hydrogens (tertiary/aromatic N) is 1. The summed E-state index contributed by atoms with van der Waals surface area (Å²) in [6.07, 6.45) is 5.78. The number of aliphatic imine (C=N–C) groups is 1. The summed E-state index contributed by atoms with van der Waals surface area (Å²) < 4.78 is 0. The zero-order valence-corrected chi connectivity index (χ0v) is 10.4. The lowest BCUT2D eigenvalue weighted by molar-refractivity contribution is 1.09. The molecule has 0 spiro atoms. The summed E-state index contributed by atoms with van der Waals surface area (Å²) in [6.45, 7) is 11.1. The van der Waals surface area contributed by atoms with Crippen molar-refractivity contribution in [3.05, 3.63) is 46.8 Å². The topological polar surface area (TPSA) is 12.4 Å². The molecule has 0 radical (unpaired) electrons. The summed E-state index contributed by atoms with van der Waals surface area (Å²) in [7, 11) is 0.